The maximum atomic E-state index is 12.9. The lowest BCUT2D eigenvalue weighted by Gasteiger charge is -2.26. The Morgan fingerprint density at radius 1 is 1.43 bits per heavy atom. The zero-order chi connectivity index (χ0) is 16.8. The number of carbonyl (C=O) groups is 1. The van der Waals surface area contributed by atoms with Crippen LogP contribution in [-0.2, 0) is 21.2 Å². The molecule has 1 aromatic rings. The summed E-state index contributed by atoms with van der Waals surface area (Å²) in [5.74, 6) is 0.299. The zero-order valence-electron chi connectivity index (χ0n) is 13.5. The van der Waals surface area contributed by atoms with E-state index in [1.165, 1.54) is 11.2 Å². The molecule has 6 nitrogen and oxygen atoms in total. The van der Waals surface area contributed by atoms with Gasteiger partial charge in [0.1, 0.15) is 0 Å². The van der Waals surface area contributed by atoms with Gasteiger partial charge >= 0.3 is 0 Å². The average molecular weight is 337 g/mol. The molecule has 1 atom stereocenters. The molecule has 2 N–H and O–H groups in total. The van der Waals surface area contributed by atoms with Crippen LogP contribution in [0.3, 0.4) is 0 Å². The van der Waals surface area contributed by atoms with E-state index >= 15 is 0 Å². The first-order valence-electron chi connectivity index (χ1n) is 7.95. The standard InChI is InChI=1S/C16H23N3O3S/c1-11(20)19-8-7-13-5-6-14(9-15(13)19)23(21,22)18(2)16(10-17)12-3-4-12/h5-6,9,12,16H,3-4,7-8,10,17H2,1-2H3. The third-order valence-electron chi connectivity index (χ3n) is 4.88. The molecular weight excluding hydrogens is 314 g/mol. The Bertz CT molecular complexity index is 728. The van der Waals surface area contributed by atoms with Gasteiger partial charge in [0.25, 0.3) is 0 Å². The number of nitrogens with two attached hydrogens (primary N) is 1. The van der Waals surface area contributed by atoms with Crippen molar-refractivity contribution in [1.82, 2.24) is 4.31 Å². The predicted octanol–water partition coefficient (Wildman–Crippen LogP) is 0.953. The van der Waals surface area contributed by atoms with E-state index in [1.807, 2.05) is 6.07 Å². The second-order valence-electron chi connectivity index (χ2n) is 6.37. The van der Waals surface area contributed by atoms with E-state index in [-0.39, 0.29) is 16.8 Å². The Kier molecular flexibility index (Phi) is 4.20. The number of anilines is 1. The quantitative estimate of drug-likeness (QED) is 0.867. The van der Waals surface area contributed by atoms with Crippen molar-refractivity contribution in [3.05, 3.63) is 23.8 Å². The summed E-state index contributed by atoms with van der Waals surface area (Å²) < 4.78 is 27.2. The summed E-state index contributed by atoms with van der Waals surface area (Å²) in [4.78, 5) is 13.6. The molecule has 1 amide bonds. The minimum absolute atomic E-state index is 0.0653. The number of nitrogens with zero attached hydrogens (tertiary/aromatic N) is 2. The van der Waals surface area contributed by atoms with Crippen LogP contribution in [0.1, 0.15) is 25.3 Å². The van der Waals surface area contributed by atoms with Crippen molar-refractivity contribution in [2.75, 3.05) is 25.0 Å². The summed E-state index contributed by atoms with van der Waals surface area (Å²) in [7, 11) is -2.01. The number of sulfonamides is 1. The summed E-state index contributed by atoms with van der Waals surface area (Å²) in [6.45, 7) is 2.43. The maximum absolute atomic E-state index is 12.9. The Balaban J connectivity index is 1.94. The van der Waals surface area contributed by atoms with Gasteiger partial charge in [-0.1, -0.05) is 6.07 Å². The minimum Gasteiger partial charge on any atom is -0.329 e. The van der Waals surface area contributed by atoms with Crippen LogP contribution >= 0.6 is 0 Å². The Morgan fingerprint density at radius 2 is 2.13 bits per heavy atom. The molecule has 0 saturated heterocycles. The fourth-order valence-electron chi connectivity index (χ4n) is 3.31. The molecule has 2 aliphatic rings. The van der Waals surface area contributed by atoms with Gasteiger partial charge in [-0.3, -0.25) is 4.79 Å². The predicted molar refractivity (Wildman–Crippen MR) is 88.7 cm³/mol. The highest BCUT2D eigenvalue weighted by Crippen LogP contribution is 2.37. The first-order valence-corrected chi connectivity index (χ1v) is 9.39. The number of benzene rings is 1. The molecule has 1 aliphatic heterocycles. The largest absolute Gasteiger partial charge is 0.329 e. The Labute approximate surface area is 137 Å². The summed E-state index contributed by atoms with van der Waals surface area (Å²) in [6.07, 6.45) is 2.83. The van der Waals surface area contributed by atoms with Gasteiger partial charge in [0.15, 0.2) is 0 Å². The summed E-state index contributed by atoms with van der Waals surface area (Å²) >= 11 is 0. The Morgan fingerprint density at radius 3 is 2.70 bits per heavy atom. The highest BCUT2D eigenvalue weighted by Gasteiger charge is 2.38. The molecule has 1 aromatic carbocycles. The van der Waals surface area contributed by atoms with Crippen LogP contribution in [0, 0.1) is 5.92 Å². The molecule has 0 bridgehead atoms. The number of rotatable bonds is 5. The van der Waals surface area contributed by atoms with Crippen LogP contribution in [0.15, 0.2) is 23.1 Å². The molecule has 0 radical (unpaired) electrons. The SMILES string of the molecule is CC(=O)N1CCc2ccc(S(=O)(=O)N(C)C(CN)C3CC3)cc21. The lowest BCUT2D eigenvalue weighted by atomic mass is 10.2. The number of hydrogen-bond donors (Lipinski definition) is 1. The Hall–Kier alpha value is -1.44. The smallest absolute Gasteiger partial charge is 0.243 e. The van der Waals surface area contributed by atoms with Gasteiger partial charge < -0.3 is 10.6 Å². The number of carbonyl (C=O) groups excluding carboxylic acids is 1. The number of amides is 1. The summed E-state index contributed by atoms with van der Waals surface area (Å²) in [5.41, 5.74) is 7.51. The second kappa shape index (κ2) is 5.89. The zero-order valence-corrected chi connectivity index (χ0v) is 14.3. The average Bonchev–Trinajstić information content (AvgIpc) is 3.25. The molecule has 1 unspecified atom stereocenters. The molecule has 3 rings (SSSR count). The molecule has 23 heavy (non-hydrogen) atoms. The minimum atomic E-state index is -3.61. The summed E-state index contributed by atoms with van der Waals surface area (Å²) in [5, 5.41) is 0. The van der Waals surface area contributed by atoms with E-state index in [4.69, 9.17) is 5.73 Å². The lowest BCUT2D eigenvalue weighted by Crippen LogP contribution is -2.43. The topological polar surface area (TPSA) is 83.7 Å². The van der Waals surface area contributed by atoms with Crippen LogP contribution in [0.4, 0.5) is 5.69 Å². The number of hydrogen-bond acceptors (Lipinski definition) is 4. The van der Waals surface area contributed by atoms with Crippen LogP contribution in [0.25, 0.3) is 0 Å². The van der Waals surface area contributed by atoms with Crippen LogP contribution in [-0.4, -0.2) is 44.8 Å². The highest BCUT2D eigenvalue weighted by atomic mass is 32.2. The third kappa shape index (κ3) is 2.88. The van der Waals surface area contributed by atoms with Crippen LogP contribution < -0.4 is 10.6 Å². The van der Waals surface area contributed by atoms with Crippen molar-refractivity contribution in [3.63, 3.8) is 0 Å². The molecule has 1 fully saturated rings. The van der Waals surface area contributed by atoms with Crippen molar-refractivity contribution in [2.24, 2.45) is 11.7 Å². The van der Waals surface area contributed by atoms with Crippen molar-refractivity contribution in [2.45, 2.75) is 37.1 Å². The van der Waals surface area contributed by atoms with E-state index in [0.717, 1.165) is 24.8 Å². The van der Waals surface area contributed by atoms with Gasteiger partial charge in [-0.15, -0.1) is 0 Å². The second-order valence-corrected chi connectivity index (χ2v) is 8.37. The first kappa shape index (κ1) is 16.4. The van der Waals surface area contributed by atoms with E-state index < -0.39 is 10.0 Å². The first-order chi connectivity index (χ1) is 10.9. The van der Waals surface area contributed by atoms with E-state index in [1.54, 1.807) is 24.1 Å². The number of fused-ring (bicyclic) bond motifs is 1. The fourth-order valence-corrected chi connectivity index (χ4v) is 4.76. The van der Waals surface area contributed by atoms with E-state index in [2.05, 4.69) is 0 Å². The lowest BCUT2D eigenvalue weighted by molar-refractivity contribution is -0.116. The molecule has 7 heteroatoms. The van der Waals surface area contributed by atoms with Crippen molar-refractivity contribution >= 4 is 21.6 Å². The molecule has 1 aliphatic carbocycles. The molecular formula is C16H23N3O3S. The van der Waals surface area contributed by atoms with Crippen molar-refractivity contribution in [1.29, 1.82) is 0 Å². The molecule has 1 saturated carbocycles. The van der Waals surface area contributed by atoms with Crippen molar-refractivity contribution < 1.29 is 13.2 Å². The van der Waals surface area contributed by atoms with Crippen molar-refractivity contribution in [3.8, 4) is 0 Å². The fraction of sp³-hybridized carbons (Fsp3) is 0.562. The third-order valence-corrected chi connectivity index (χ3v) is 6.76. The molecule has 126 valence electrons. The molecule has 1 heterocycles. The molecule has 0 spiro atoms. The van der Waals surface area contributed by atoms with E-state index in [9.17, 15) is 13.2 Å². The van der Waals surface area contributed by atoms with Gasteiger partial charge in [0.2, 0.25) is 15.9 Å². The van der Waals surface area contributed by atoms with Gasteiger partial charge in [0, 0.05) is 38.8 Å². The van der Waals surface area contributed by atoms with Gasteiger partial charge in [-0.25, -0.2) is 8.42 Å². The number of likely N-dealkylation sites (N-methyl/N-ethyl adjacent to an activating group) is 1. The molecule has 0 aromatic heterocycles. The van der Waals surface area contributed by atoms with Gasteiger partial charge in [-0.2, -0.15) is 4.31 Å². The van der Waals surface area contributed by atoms with Crippen LogP contribution in [0.5, 0.6) is 0 Å². The van der Waals surface area contributed by atoms with Gasteiger partial charge in [0.05, 0.1) is 4.90 Å². The highest BCUT2D eigenvalue weighted by molar-refractivity contribution is 7.89. The maximum Gasteiger partial charge on any atom is 0.243 e. The summed E-state index contributed by atoms with van der Waals surface area (Å²) in [6, 6.07) is 4.91. The van der Waals surface area contributed by atoms with Crippen LogP contribution in [0.2, 0.25) is 0 Å². The normalized spacial score (nSPS) is 19.0. The monoisotopic (exact) mass is 337 g/mol. The van der Waals surface area contributed by atoms with E-state index in [0.29, 0.717) is 24.7 Å². The van der Waals surface area contributed by atoms with Gasteiger partial charge in [-0.05, 0) is 42.9 Å².